The minimum absolute atomic E-state index is 0.0230. The van der Waals surface area contributed by atoms with Crippen LogP contribution < -0.4 is 10.1 Å². The number of aliphatic hydroxyl groups is 1. The molecule has 6 rings (SSSR count). The van der Waals surface area contributed by atoms with E-state index in [4.69, 9.17) is 4.74 Å². The smallest absolute Gasteiger partial charge is 0.258 e. The fourth-order valence-corrected chi connectivity index (χ4v) is 4.86. The van der Waals surface area contributed by atoms with E-state index in [2.05, 4.69) is 16.5 Å². The number of nitrogens with one attached hydrogen (secondary N) is 1. The van der Waals surface area contributed by atoms with Crippen LogP contribution in [0.5, 0.6) is 5.88 Å². The molecule has 4 atom stereocenters. The van der Waals surface area contributed by atoms with Crippen molar-refractivity contribution in [3.8, 4) is 5.88 Å². The van der Waals surface area contributed by atoms with Crippen LogP contribution in [0.2, 0.25) is 0 Å². The zero-order chi connectivity index (χ0) is 17.0. The predicted molar refractivity (Wildman–Crippen MR) is 91.2 cm³/mol. The third-order valence-corrected chi connectivity index (χ3v) is 6.42. The Morgan fingerprint density at radius 3 is 2.96 bits per heavy atom. The van der Waals surface area contributed by atoms with Gasteiger partial charge in [0.2, 0.25) is 5.88 Å². The van der Waals surface area contributed by atoms with E-state index in [1.54, 1.807) is 16.5 Å². The molecule has 4 bridgehead atoms. The normalized spacial score (nSPS) is 32.1. The van der Waals surface area contributed by atoms with Gasteiger partial charge in [-0.15, -0.1) is 0 Å². The lowest BCUT2D eigenvalue weighted by Gasteiger charge is -2.56. The summed E-state index contributed by atoms with van der Waals surface area (Å²) < 4.78 is 7.51. The van der Waals surface area contributed by atoms with Gasteiger partial charge in [-0.05, 0) is 49.9 Å². The molecule has 2 N–H and O–H groups in total. The number of allylic oxidation sites excluding steroid dienone is 1. The largest absolute Gasteiger partial charge is 0.477 e. The van der Waals surface area contributed by atoms with Crippen LogP contribution in [-0.4, -0.2) is 40.0 Å². The summed E-state index contributed by atoms with van der Waals surface area (Å²) in [6, 6.07) is 0.259. The molecule has 1 aromatic rings. The van der Waals surface area contributed by atoms with E-state index in [0.29, 0.717) is 42.3 Å². The number of aromatic nitrogens is 2. The monoisotopic (exact) mass is 343 g/mol. The minimum atomic E-state index is -0.0865. The molecular weight excluding hydrogens is 318 g/mol. The standard InChI is InChI=1S/C19H25N3O3/c23-6-5-22-19(25-10-11-1-2-11)16(9-20-22)18(24)21-17-12-3-4-14-13(7-12)8-15(14)17/h4,9,11-13,15,17,23H,1-3,5-8,10H2,(H,21,24). The third kappa shape index (κ3) is 2.58. The van der Waals surface area contributed by atoms with Crippen molar-refractivity contribution >= 4 is 5.91 Å². The number of aliphatic hydroxyl groups excluding tert-OH is 1. The van der Waals surface area contributed by atoms with Gasteiger partial charge in [0, 0.05) is 12.0 Å². The fraction of sp³-hybridized carbons (Fsp3) is 0.684. The Kier molecular flexibility index (Phi) is 3.62. The van der Waals surface area contributed by atoms with E-state index < -0.39 is 0 Å². The molecule has 0 spiro atoms. The van der Waals surface area contributed by atoms with Gasteiger partial charge in [-0.25, -0.2) is 4.68 Å². The first-order chi connectivity index (χ1) is 12.2. The molecule has 5 aliphatic rings. The zero-order valence-electron chi connectivity index (χ0n) is 14.4. The number of fused-ring (bicyclic) bond motifs is 1. The maximum Gasteiger partial charge on any atom is 0.258 e. The number of nitrogens with zero attached hydrogens (tertiary/aromatic N) is 2. The van der Waals surface area contributed by atoms with Crippen molar-refractivity contribution in [3.05, 3.63) is 23.4 Å². The summed E-state index contributed by atoms with van der Waals surface area (Å²) in [5.74, 6) is 2.93. The van der Waals surface area contributed by atoms with Gasteiger partial charge in [0.15, 0.2) is 0 Å². The van der Waals surface area contributed by atoms with Crippen molar-refractivity contribution in [2.75, 3.05) is 13.2 Å². The lowest BCUT2D eigenvalue weighted by Crippen LogP contribution is -2.58. The molecule has 0 saturated heterocycles. The molecule has 6 nitrogen and oxygen atoms in total. The molecule has 1 aromatic heterocycles. The highest BCUT2D eigenvalue weighted by molar-refractivity contribution is 5.96. The van der Waals surface area contributed by atoms with Gasteiger partial charge in [0.1, 0.15) is 5.56 Å². The summed E-state index contributed by atoms with van der Waals surface area (Å²) in [5, 5.41) is 16.8. The summed E-state index contributed by atoms with van der Waals surface area (Å²) in [7, 11) is 0. The molecule has 134 valence electrons. The van der Waals surface area contributed by atoms with Gasteiger partial charge in [-0.1, -0.05) is 11.6 Å². The van der Waals surface area contributed by atoms with Crippen LogP contribution >= 0.6 is 0 Å². The van der Waals surface area contributed by atoms with Gasteiger partial charge in [0.05, 0.1) is 26.0 Å². The summed E-state index contributed by atoms with van der Waals surface area (Å²) >= 11 is 0. The Morgan fingerprint density at radius 1 is 1.40 bits per heavy atom. The summed E-state index contributed by atoms with van der Waals surface area (Å²) in [6.07, 6.45) is 9.91. The van der Waals surface area contributed by atoms with Gasteiger partial charge >= 0.3 is 0 Å². The van der Waals surface area contributed by atoms with Crippen LogP contribution in [0.15, 0.2) is 17.8 Å². The molecule has 0 aromatic carbocycles. The van der Waals surface area contributed by atoms with Crippen molar-refractivity contribution in [3.63, 3.8) is 0 Å². The van der Waals surface area contributed by atoms with Crippen molar-refractivity contribution < 1.29 is 14.6 Å². The Balaban J connectivity index is 1.33. The molecule has 0 aliphatic heterocycles. The molecule has 1 heterocycles. The highest BCUT2D eigenvalue weighted by Gasteiger charge is 2.52. The molecular formula is C19H25N3O3. The average Bonchev–Trinajstić information content (AvgIpc) is 3.34. The number of rotatable bonds is 7. The Bertz CT molecular complexity index is 721. The van der Waals surface area contributed by atoms with Crippen LogP contribution in [0.25, 0.3) is 0 Å². The molecule has 3 saturated carbocycles. The number of hydrogen-bond acceptors (Lipinski definition) is 4. The van der Waals surface area contributed by atoms with Crippen molar-refractivity contribution in [2.24, 2.45) is 23.7 Å². The van der Waals surface area contributed by atoms with Crippen LogP contribution in [0.3, 0.4) is 0 Å². The van der Waals surface area contributed by atoms with Crippen molar-refractivity contribution in [1.82, 2.24) is 15.1 Å². The molecule has 5 aliphatic carbocycles. The molecule has 1 amide bonds. The quantitative estimate of drug-likeness (QED) is 0.740. The van der Waals surface area contributed by atoms with Crippen molar-refractivity contribution in [2.45, 2.75) is 44.7 Å². The fourth-order valence-electron chi connectivity index (χ4n) is 4.86. The van der Waals surface area contributed by atoms with Gasteiger partial charge in [-0.3, -0.25) is 4.79 Å². The van der Waals surface area contributed by atoms with Gasteiger partial charge < -0.3 is 15.2 Å². The second kappa shape index (κ2) is 5.87. The number of amides is 1. The number of hydrogen-bond donors (Lipinski definition) is 2. The Morgan fingerprint density at radius 2 is 2.28 bits per heavy atom. The highest BCUT2D eigenvalue weighted by Crippen LogP contribution is 2.57. The molecule has 6 heteroatoms. The predicted octanol–water partition coefficient (Wildman–Crippen LogP) is 1.75. The van der Waals surface area contributed by atoms with E-state index in [1.165, 1.54) is 25.7 Å². The summed E-state index contributed by atoms with van der Waals surface area (Å²) in [6.45, 7) is 0.946. The van der Waals surface area contributed by atoms with E-state index in [9.17, 15) is 9.90 Å². The number of carbonyl (C=O) groups excluding carboxylic acids is 1. The average molecular weight is 343 g/mol. The maximum absolute atomic E-state index is 12.9. The van der Waals surface area contributed by atoms with E-state index in [1.807, 2.05) is 0 Å². The second-order valence-corrected chi connectivity index (χ2v) is 8.04. The van der Waals surface area contributed by atoms with Crippen LogP contribution in [0.4, 0.5) is 0 Å². The first-order valence-corrected chi connectivity index (χ1v) is 9.55. The minimum Gasteiger partial charge on any atom is -0.477 e. The van der Waals surface area contributed by atoms with Crippen LogP contribution in [0, 0.1) is 23.7 Å². The van der Waals surface area contributed by atoms with E-state index >= 15 is 0 Å². The number of ether oxygens (including phenoxy) is 1. The Hall–Kier alpha value is -1.82. The van der Waals surface area contributed by atoms with E-state index in [-0.39, 0.29) is 18.6 Å². The lowest BCUT2D eigenvalue weighted by molar-refractivity contribution is 0.0624. The molecule has 3 fully saturated rings. The van der Waals surface area contributed by atoms with E-state index in [0.717, 1.165) is 12.3 Å². The lowest BCUT2D eigenvalue weighted by atomic mass is 9.51. The maximum atomic E-state index is 12.9. The van der Waals surface area contributed by atoms with Gasteiger partial charge in [-0.2, -0.15) is 5.10 Å². The first kappa shape index (κ1) is 15.4. The molecule has 25 heavy (non-hydrogen) atoms. The first-order valence-electron chi connectivity index (χ1n) is 9.55. The Labute approximate surface area is 147 Å². The van der Waals surface area contributed by atoms with Crippen LogP contribution in [0.1, 0.15) is 42.5 Å². The zero-order valence-corrected chi connectivity index (χ0v) is 14.4. The molecule has 4 unspecified atom stereocenters. The number of carbonyl (C=O) groups is 1. The SMILES string of the molecule is O=C(NC1C2CC=C3C(C2)CC31)c1cnn(CCO)c1OCC1CC1. The summed E-state index contributed by atoms with van der Waals surface area (Å²) in [4.78, 5) is 12.9. The summed E-state index contributed by atoms with van der Waals surface area (Å²) in [5.41, 5.74) is 2.08. The second-order valence-electron chi connectivity index (χ2n) is 8.04. The third-order valence-electron chi connectivity index (χ3n) is 6.42. The topological polar surface area (TPSA) is 76.4 Å². The van der Waals surface area contributed by atoms with Crippen LogP contribution in [-0.2, 0) is 6.54 Å². The highest BCUT2D eigenvalue weighted by atomic mass is 16.5. The molecule has 0 radical (unpaired) electrons. The van der Waals surface area contributed by atoms with Crippen molar-refractivity contribution in [1.29, 1.82) is 0 Å². The van der Waals surface area contributed by atoms with Gasteiger partial charge in [0.25, 0.3) is 5.91 Å².